The van der Waals surface area contributed by atoms with Gasteiger partial charge in [-0.3, -0.25) is 4.90 Å². The molecule has 0 spiro atoms. The lowest BCUT2D eigenvalue weighted by Crippen LogP contribution is -2.51. The van der Waals surface area contributed by atoms with Crippen LogP contribution in [0.4, 0.5) is 0 Å². The van der Waals surface area contributed by atoms with E-state index in [9.17, 15) is 5.11 Å². The molecule has 2 fully saturated rings. The maximum Gasteiger partial charge on any atom is 0.0897 e. The zero-order valence-corrected chi connectivity index (χ0v) is 14.6. The molecule has 3 rings (SSSR count). The van der Waals surface area contributed by atoms with Crippen LogP contribution in [0.5, 0.6) is 0 Å². The van der Waals surface area contributed by atoms with Crippen LogP contribution in [-0.4, -0.2) is 46.3 Å². The largest absolute Gasteiger partial charge is 0.391 e. The minimum atomic E-state index is -0.0997. The van der Waals surface area contributed by atoms with Crippen molar-refractivity contribution >= 4 is 11.3 Å². The zero-order valence-electron chi connectivity index (χ0n) is 13.8. The van der Waals surface area contributed by atoms with E-state index >= 15 is 0 Å². The van der Waals surface area contributed by atoms with E-state index in [1.54, 1.807) is 11.3 Å². The summed E-state index contributed by atoms with van der Waals surface area (Å²) in [5.41, 5.74) is 0. The third-order valence-corrected chi connectivity index (χ3v) is 6.34. The maximum atomic E-state index is 10.2. The van der Waals surface area contributed by atoms with Crippen LogP contribution >= 0.6 is 11.3 Å². The van der Waals surface area contributed by atoms with Crippen LogP contribution in [0.3, 0.4) is 0 Å². The van der Waals surface area contributed by atoms with Crippen molar-refractivity contribution in [2.24, 2.45) is 0 Å². The van der Waals surface area contributed by atoms with E-state index in [-0.39, 0.29) is 6.10 Å². The van der Waals surface area contributed by atoms with E-state index in [1.165, 1.54) is 37.0 Å². The molecule has 1 aliphatic carbocycles. The van der Waals surface area contributed by atoms with Gasteiger partial charge in [-0.1, -0.05) is 12.8 Å². The molecule has 1 aromatic heterocycles. The van der Waals surface area contributed by atoms with Gasteiger partial charge >= 0.3 is 0 Å². The lowest BCUT2D eigenvalue weighted by Gasteiger charge is -2.42. The van der Waals surface area contributed by atoms with Gasteiger partial charge in [0.05, 0.1) is 11.1 Å². The fraction of sp³-hybridized carbons (Fsp3) is 0.824. The Labute approximate surface area is 137 Å². The molecule has 0 aromatic carbocycles. The Morgan fingerprint density at radius 2 is 2.00 bits per heavy atom. The first-order valence-electron chi connectivity index (χ1n) is 8.74. The van der Waals surface area contributed by atoms with E-state index in [1.807, 2.05) is 6.20 Å². The highest BCUT2D eigenvalue weighted by Crippen LogP contribution is 2.27. The van der Waals surface area contributed by atoms with Gasteiger partial charge < -0.3 is 10.4 Å². The Balaban J connectivity index is 1.47. The van der Waals surface area contributed by atoms with Crippen molar-refractivity contribution in [3.63, 3.8) is 0 Å². The van der Waals surface area contributed by atoms with Gasteiger partial charge in [-0.05, 0) is 39.5 Å². The minimum absolute atomic E-state index is 0.0997. The van der Waals surface area contributed by atoms with Crippen molar-refractivity contribution in [2.75, 3.05) is 13.1 Å². The summed E-state index contributed by atoms with van der Waals surface area (Å²) >= 11 is 1.79. The van der Waals surface area contributed by atoms with Gasteiger partial charge in [0, 0.05) is 42.3 Å². The molecule has 22 heavy (non-hydrogen) atoms. The van der Waals surface area contributed by atoms with Crippen LogP contribution in [0.15, 0.2) is 6.20 Å². The van der Waals surface area contributed by atoms with Crippen LogP contribution in [-0.2, 0) is 0 Å². The molecule has 1 aliphatic heterocycles. The molecular weight excluding hydrogens is 294 g/mol. The minimum Gasteiger partial charge on any atom is -0.391 e. The lowest BCUT2D eigenvalue weighted by atomic mass is 9.89. The number of hydrogen-bond acceptors (Lipinski definition) is 5. The van der Waals surface area contributed by atoms with Gasteiger partial charge in [-0.15, -0.1) is 11.3 Å². The zero-order chi connectivity index (χ0) is 15.5. The summed E-state index contributed by atoms with van der Waals surface area (Å²) in [6.07, 6.45) is 8.92. The SMILES string of the molecule is Cc1ncc(C(C)NC2CCN(C3CCCCC3O)CC2)s1. The van der Waals surface area contributed by atoms with Crippen molar-refractivity contribution < 1.29 is 5.11 Å². The Hall–Kier alpha value is -0.490. The molecule has 3 atom stereocenters. The van der Waals surface area contributed by atoms with Gasteiger partial charge in [0.25, 0.3) is 0 Å². The van der Waals surface area contributed by atoms with Crippen molar-refractivity contribution in [3.05, 3.63) is 16.1 Å². The molecular formula is C17H29N3OS. The highest BCUT2D eigenvalue weighted by Gasteiger charge is 2.31. The molecule has 1 saturated heterocycles. The smallest absolute Gasteiger partial charge is 0.0897 e. The van der Waals surface area contributed by atoms with E-state index in [4.69, 9.17) is 0 Å². The first-order valence-corrected chi connectivity index (χ1v) is 9.55. The summed E-state index contributed by atoms with van der Waals surface area (Å²) < 4.78 is 0. The second-order valence-corrected chi connectivity index (χ2v) is 8.17. The third-order valence-electron chi connectivity index (χ3n) is 5.24. The first-order chi connectivity index (χ1) is 10.6. The number of aromatic nitrogens is 1. The highest BCUT2D eigenvalue weighted by molar-refractivity contribution is 7.11. The number of nitrogens with one attached hydrogen (secondary N) is 1. The molecule has 0 bridgehead atoms. The van der Waals surface area contributed by atoms with Crippen LogP contribution in [0.25, 0.3) is 0 Å². The van der Waals surface area contributed by atoms with Crippen LogP contribution < -0.4 is 5.32 Å². The molecule has 124 valence electrons. The van der Waals surface area contributed by atoms with Crippen LogP contribution in [0.1, 0.15) is 61.4 Å². The lowest BCUT2D eigenvalue weighted by molar-refractivity contribution is 0.00672. The monoisotopic (exact) mass is 323 g/mol. The predicted molar refractivity (Wildman–Crippen MR) is 91.3 cm³/mol. The highest BCUT2D eigenvalue weighted by atomic mass is 32.1. The van der Waals surface area contributed by atoms with Gasteiger partial charge in [0.15, 0.2) is 0 Å². The second-order valence-electron chi connectivity index (χ2n) is 6.90. The summed E-state index contributed by atoms with van der Waals surface area (Å²) in [6, 6.07) is 1.40. The van der Waals surface area contributed by atoms with E-state index < -0.39 is 0 Å². The number of rotatable bonds is 4. The number of aliphatic hydroxyl groups excluding tert-OH is 1. The number of hydrogen-bond donors (Lipinski definition) is 2. The number of aliphatic hydroxyl groups is 1. The number of likely N-dealkylation sites (tertiary alicyclic amines) is 1. The molecule has 1 aromatic rings. The predicted octanol–water partition coefficient (Wildman–Crippen LogP) is 2.87. The fourth-order valence-electron chi connectivity index (χ4n) is 3.93. The summed E-state index contributed by atoms with van der Waals surface area (Å²) in [7, 11) is 0. The molecule has 2 N–H and O–H groups in total. The standard InChI is InChI=1S/C17H29N3OS/c1-12(17-11-18-13(2)22-17)19-14-7-9-20(10-8-14)15-5-3-4-6-16(15)21/h11-12,14-16,19,21H,3-10H2,1-2H3. The molecule has 1 saturated carbocycles. The second kappa shape index (κ2) is 7.39. The van der Waals surface area contributed by atoms with Crippen molar-refractivity contribution in [3.8, 4) is 0 Å². The quantitative estimate of drug-likeness (QED) is 0.894. The van der Waals surface area contributed by atoms with Crippen molar-refractivity contribution in [1.82, 2.24) is 15.2 Å². The van der Waals surface area contributed by atoms with E-state index in [0.717, 1.165) is 24.5 Å². The van der Waals surface area contributed by atoms with Crippen LogP contribution in [0, 0.1) is 6.92 Å². The molecule has 0 amide bonds. The normalized spacial score (nSPS) is 29.6. The number of piperidine rings is 1. The van der Waals surface area contributed by atoms with Gasteiger partial charge in [0.2, 0.25) is 0 Å². The van der Waals surface area contributed by atoms with Gasteiger partial charge in [-0.25, -0.2) is 4.98 Å². The number of thiazole rings is 1. The van der Waals surface area contributed by atoms with Crippen molar-refractivity contribution in [2.45, 2.75) is 76.6 Å². The average molecular weight is 324 g/mol. The summed E-state index contributed by atoms with van der Waals surface area (Å²) in [4.78, 5) is 8.22. The Bertz CT molecular complexity index is 470. The summed E-state index contributed by atoms with van der Waals surface area (Å²) in [5.74, 6) is 0. The molecule has 4 nitrogen and oxygen atoms in total. The average Bonchev–Trinajstić information content (AvgIpc) is 2.95. The Kier molecular flexibility index (Phi) is 5.50. The molecule has 0 radical (unpaired) electrons. The molecule has 5 heteroatoms. The van der Waals surface area contributed by atoms with E-state index in [0.29, 0.717) is 18.1 Å². The van der Waals surface area contributed by atoms with Gasteiger partial charge in [-0.2, -0.15) is 0 Å². The Morgan fingerprint density at radius 3 is 2.64 bits per heavy atom. The topological polar surface area (TPSA) is 48.4 Å². The van der Waals surface area contributed by atoms with Crippen molar-refractivity contribution in [1.29, 1.82) is 0 Å². The first kappa shape index (κ1) is 16.4. The van der Waals surface area contributed by atoms with E-state index in [2.05, 4.69) is 29.0 Å². The number of nitrogens with zero attached hydrogens (tertiary/aromatic N) is 2. The molecule has 2 heterocycles. The van der Waals surface area contributed by atoms with Gasteiger partial charge in [0.1, 0.15) is 0 Å². The summed E-state index contributed by atoms with van der Waals surface area (Å²) in [5, 5.41) is 15.1. The molecule has 3 unspecified atom stereocenters. The fourth-order valence-corrected chi connectivity index (χ4v) is 4.73. The van der Waals surface area contributed by atoms with Crippen LogP contribution in [0.2, 0.25) is 0 Å². The maximum absolute atomic E-state index is 10.2. The summed E-state index contributed by atoms with van der Waals surface area (Å²) in [6.45, 7) is 6.54. The number of aryl methyl sites for hydroxylation is 1. The third kappa shape index (κ3) is 3.88. The molecule has 2 aliphatic rings. The Morgan fingerprint density at radius 1 is 1.27 bits per heavy atom.